The van der Waals surface area contributed by atoms with E-state index in [0.29, 0.717) is 0 Å². The van der Waals surface area contributed by atoms with E-state index < -0.39 is 0 Å². The summed E-state index contributed by atoms with van der Waals surface area (Å²) in [6.07, 6.45) is 0. The fourth-order valence-corrected chi connectivity index (χ4v) is 11.1. The number of rotatable bonds is 5. The molecule has 3 heteroatoms. The topological polar surface area (TPSA) is 16.4 Å². The molecule has 13 aromatic rings. The second kappa shape index (κ2) is 13.4. The number of fused-ring (bicyclic) bond motifs is 13. The second-order valence-electron chi connectivity index (χ2n) is 16.0. The lowest BCUT2D eigenvalue weighted by molar-refractivity contribution is 0.670. The molecular formula is C58H35NOS. The Morgan fingerprint density at radius 2 is 0.902 bits per heavy atom. The van der Waals surface area contributed by atoms with Gasteiger partial charge in [-0.1, -0.05) is 158 Å². The molecule has 2 heterocycles. The van der Waals surface area contributed by atoms with Crippen molar-refractivity contribution in [1.29, 1.82) is 0 Å². The third-order valence-corrected chi connectivity index (χ3v) is 13.8. The van der Waals surface area contributed by atoms with Crippen LogP contribution in [-0.4, -0.2) is 0 Å². The highest BCUT2D eigenvalue weighted by atomic mass is 32.1. The number of hydrogen-bond donors (Lipinski definition) is 0. The molecular weight excluding hydrogens is 759 g/mol. The highest BCUT2D eigenvalue weighted by Gasteiger charge is 2.22. The molecule has 0 bridgehead atoms. The minimum atomic E-state index is 0.857. The number of thiophene rings is 1. The first kappa shape index (κ1) is 34.2. The summed E-state index contributed by atoms with van der Waals surface area (Å²) >= 11 is 1.86. The summed E-state index contributed by atoms with van der Waals surface area (Å²) in [6.45, 7) is 0. The molecule has 13 rings (SSSR count). The molecule has 2 aromatic heterocycles. The van der Waals surface area contributed by atoms with E-state index in [9.17, 15) is 0 Å². The molecule has 0 amide bonds. The van der Waals surface area contributed by atoms with Crippen LogP contribution >= 0.6 is 11.3 Å². The predicted molar refractivity (Wildman–Crippen MR) is 262 cm³/mol. The van der Waals surface area contributed by atoms with Crippen molar-refractivity contribution in [3.63, 3.8) is 0 Å². The lowest BCUT2D eigenvalue weighted by Gasteiger charge is -2.26. The van der Waals surface area contributed by atoms with Crippen molar-refractivity contribution < 1.29 is 4.42 Å². The maximum atomic E-state index is 7.16. The van der Waals surface area contributed by atoms with E-state index in [0.717, 1.165) is 44.6 Å². The Morgan fingerprint density at radius 3 is 1.66 bits per heavy atom. The van der Waals surface area contributed by atoms with E-state index in [1.165, 1.54) is 80.0 Å². The molecule has 11 aromatic carbocycles. The van der Waals surface area contributed by atoms with Gasteiger partial charge in [-0.25, -0.2) is 0 Å². The van der Waals surface area contributed by atoms with Gasteiger partial charge in [0, 0.05) is 65.2 Å². The lowest BCUT2D eigenvalue weighted by atomic mass is 9.94. The van der Waals surface area contributed by atoms with Gasteiger partial charge in [0.15, 0.2) is 0 Å². The van der Waals surface area contributed by atoms with Gasteiger partial charge in [-0.15, -0.1) is 11.3 Å². The molecule has 0 saturated heterocycles. The van der Waals surface area contributed by atoms with Crippen LogP contribution in [0.25, 0.3) is 107 Å². The van der Waals surface area contributed by atoms with Gasteiger partial charge in [-0.05, 0) is 103 Å². The summed E-state index contributed by atoms with van der Waals surface area (Å²) < 4.78 is 9.74. The Kier molecular flexibility index (Phi) is 7.51. The minimum Gasteiger partial charge on any atom is -0.455 e. The van der Waals surface area contributed by atoms with Crippen LogP contribution in [0.4, 0.5) is 17.1 Å². The van der Waals surface area contributed by atoms with E-state index in [2.05, 4.69) is 217 Å². The Hall–Kier alpha value is -7.72. The summed E-state index contributed by atoms with van der Waals surface area (Å²) in [5.41, 5.74) is 9.68. The summed E-state index contributed by atoms with van der Waals surface area (Å²) in [5.74, 6) is 0. The van der Waals surface area contributed by atoms with Crippen molar-refractivity contribution in [2.24, 2.45) is 0 Å². The van der Waals surface area contributed by atoms with Gasteiger partial charge < -0.3 is 9.32 Å². The van der Waals surface area contributed by atoms with Crippen molar-refractivity contribution in [3.05, 3.63) is 212 Å². The SMILES string of the molecule is c1ccc(-c2ccc(N(c3ccc4c(c3)oc3c(-c5cccc6c5sc5ccccc56)c5ccccc5cc34)c3ccc4c5ccccc5c5ccccc5c4c3)cc2)cc1. The average Bonchev–Trinajstić information content (AvgIpc) is 3.89. The standard InChI is InChI=1S/C58H35NOS/c1-2-13-36(14-3-1)37-25-27-39(28-26-37)59(40-29-31-47-45-19-7-6-17-43(45)44-18-8-9-20-46(44)52(47)34-40)41-30-32-48-53-33-38-15-4-5-16-42(38)56(57(53)60-54(48)35-41)51-23-12-22-50-49-21-10-11-24-55(49)61-58(50)51/h1-35H. The third kappa shape index (κ3) is 5.28. The molecule has 0 radical (unpaired) electrons. The quantitative estimate of drug-likeness (QED) is 0.161. The molecule has 0 atom stereocenters. The maximum Gasteiger partial charge on any atom is 0.143 e. The highest BCUT2D eigenvalue weighted by Crippen LogP contribution is 2.48. The van der Waals surface area contributed by atoms with E-state index in [-0.39, 0.29) is 0 Å². The zero-order valence-corrected chi connectivity index (χ0v) is 33.8. The Morgan fingerprint density at radius 1 is 0.344 bits per heavy atom. The van der Waals surface area contributed by atoms with E-state index in [1.54, 1.807) is 0 Å². The normalized spacial score (nSPS) is 11.9. The third-order valence-electron chi connectivity index (χ3n) is 12.6. The summed E-state index contributed by atoms with van der Waals surface area (Å²) in [7, 11) is 0. The Balaban J connectivity index is 1.05. The smallest absolute Gasteiger partial charge is 0.143 e. The number of anilines is 3. The van der Waals surface area contributed by atoms with Gasteiger partial charge in [-0.3, -0.25) is 0 Å². The Bertz CT molecular complexity index is 3840. The van der Waals surface area contributed by atoms with E-state index in [4.69, 9.17) is 4.42 Å². The monoisotopic (exact) mass is 793 g/mol. The van der Waals surface area contributed by atoms with Gasteiger partial charge in [0.05, 0.1) is 0 Å². The molecule has 0 aliphatic rings. The highest BCUT2D eigenvalue weighted by molar-refractivity contribution is 7.26. The van der Waals surface area contributed by atoms with Gasteiger partial charge >= 0.3 is 0 Å². The molecule has 0 saturated carbocycles. The fourth-order valence-electron chi connectivity index (χ4n) is 9.83. The molecule has 0 N–H and O–H groups in total. The molecule has 0 aliphatic carbocycles. The largest absolute Gasteiger partial charge is 0.455 e. The van der Waals surface area contributed by atoms with Crippen molar-refractivity contribution in [2.45, 2.75) is 0 Å². The molecule has 61 heavy (non-hydrogen) atoms. The molecule has 0 fully saturated rings. The first-order valence-electron chi connectivity index (χ1n) is 20.8. The summed E-state index contributed by atoms with van der Waals surface area (Å²) in [6, 6.07) is 77.3. The van der Waals surface area contributed by atoms with Gasteiger partial charge in [0.2, 0.25) is 0 Å². The maximum absolute atomic E-state index is 7.16. The predicted octanol–water partition coefficient (Wildman–Crippen LogP) is 17.4. The lowest BCUT2D eigenvalue weighted by Crippen LogP contribution is -2.09. The zero-order valence-electron chi connectivity index (χ0n) is 33.0. The minimum absolute atomic E-state index is 0.857. The molecule has 0 aliphatic heterocycles. The van der Waals surface area contributed by atoms with Crippen molar-refractivity contribution in [1.82, 2.24) is 0 Å². The van der Waals surface area contributed by atoms with Crippen LogP contribution in [0.2, 0.25) is 0 Å². The first-order chi connectivity index (χ1) is 30.2. The second-order valence-corrected chi connectivity index (χ2v) is 17.0. The summed E-state index contributed by atoms with van der Waals surface area (Å²) in [5, 5.41) is 14.7. The molecule has 284 valence electrons. The zero-order chi connectivity index (χ0) is 40.0. The van der Waals surface area contributed by atoms with Crippen LogP contribution in [0, 0.1) is 0 Å². The van der Waals surface area contributed by atoms with Gasteiger partial charge in [-0.2, -0.15) is 0 Å². The van der Waals surface area contributed by atoms with E-state index in [1.807, 2.05) is 11.3 Å². The van der Waals surface area contributed by atoms with Crippen LogP contribution in [0.15, 0.2) is 217 Å². The Labute approximate surface area is 355 Å². The van der Waals surface area contributed by atoms with Gasteiger partial charge in [0.1, 0.15) is 11.2 Å². The number of hydrogen-bond acceptors (Lipinski definition) is 3. The van der Waals surface area contributed by atoms with Crippen LogP contribution in [0.5, 0.6) is 0 Å². The van der Waals surface area contributed by atoms with Crippen molar-refractivity contribution >= 4 is 114 Å². The average molecular weight is 794 g/mol. The van der Waals surface area contributed by atoms with Gasteiger partial charge in [0.25, 0.3) is 0 Å². The van der Waals surface area contributed by atoms with E-state index >= 15 is 0 Å². The number of benzene rings is 11. The van der Waals surface area contributed by atoms with Crippen molar-refractivity contribution in [3.8, 4) is 22.3 Å². The first-order valence-corrected chi connectivity index (χ1v) is 21.6. The molecule has 2 nitrogen and oxygen atoms in total. The number of furan rings is 1. The van der Waals surface area contributed by atoms with Crippen molar-refractivity contribution in [2.75, 3.05) is 4.90 Å². The fraction of sp³-hybridized carbons (Fsp3) is 0. The van der Waals surface area contributed by atoms with Crippen LogP contribution in [0.1, 0.15) is 0 Å². The van der Waals surface area contributed by atoms with Crippen LogP contribution in [0.3, 0.4) is 0 Å². The number of nitrogens with zero attached hydrogens (tertiary/aromatic N) is 1. The van der Waals surface area contributed by atoms with Crippen LogP contribution in [-0.2, 0) is 0 Å². The van der Waals surface area contributed by atoms with Crippen LogP contribution < -0.4 is 4.90 Å². The molecule has 0 spiro atoms. The molecule has 0 unspecified atom stereocenters. The summed E-state index contributed by atoms with van der Waals surface area (Å²) in [4.78, 5) is 2.38.